The number of rotatable bonds is 6. The van der Waals surface area contributed by atoms with Gasteiger partial charge in [-0.05, 0) is 30.9 Å². The second-order valence-electron chi connectivity index (χ2n) is 4.91. The molecule has 0 aliphatic heterocycles. The molecule has 0 aliphatic rings. The van der Waals surface area contributed by atoms with Crippen LogP contribution in [0, 0.1) is 19.8 Å². The van der Waals surface area contributed by atoms with Crippen LogP contribution in [0.3, 0.4) is 0 Å². The number of hydrogen-bond donors (Lipinski definition) is 0. The average Bonchev–Trinajstić information content (AvgIpc) is 2.23. The molecule has 0 bridgehead atoms. The predicted octanol–water partition coefficient (Wildman–Crippen LogP) is 3.09. The van der Waals surface area contributed by atoms with E-state index in [1.807, 2.05) is 6.92 Å². The molecule has 0 saturated heterocycles. The highest BCUT2D eigenvalue weighted by atomic mass is 16.5. The van der Waals surface area contributed by atoms with Crippen LogP contribution in [0.15, 0.2) is 18.2 Å². The highest BCUT2D eigenvalue weighted by molar-refractivity contribution is 5.81. The van der Waals surface area contributed by atoms with Crippen LogP contribution in [0.2, 0.25) is 0 Å². The van der Waals surface area contributed by atoms with Gasteiger partial charge in [0.15, 0.2) is 0 Å². The molecule has 17 heavy (non-hydrogen) atoms. The zero-order chi connectivity index (χ0) is 12.8. The third-order valence-corrected chi connectivity index (χ3v) is 2.92. The van der Waals surface area contributed by atoms with E-state index in [0.29, 0.717) is 31.1 Å². The summed E-state index contributed by atoms with van der Waals surface area (Å²) in [5.41, 5.74) is 3.56. The van der Waals surface area contributed by atoms with Crippen molar-refractivity contribution in [2.75, 3.05) is 13.7 Å². The van der Waals surface area contributed by atoms with E-state index in [0.717, 1.165) is 5.56 Å². The Bertz CT molecular complexity index is 383. The van der Waals surface area contributed by atoms with E-state index in [9.17, 15) is 4.79 Å². The van der Waals surface area contributed by atoms with Crippen molar-refractivity contribution >= 4 is 5.78 Å². The van der Waals surface area contributed by atoms with Crippen LogP contribution in [0.25, 0.3) is 0 Å². The summed E-state index contributed by atoms with van der Waals surface area (Å²) in [6, 6.07) is 6.27. The number of hydrogen-bond acceptors (Lipinski definition) is 2. The van der Waals surface area contributed by atoms with Gasteiger partial charge >= 0.3 is 0 Å². The first kappa shape index (κ1) is 13.9. The zero-order valence-electron chi connectivity index (χ0n) is 11.2. The number of methoxy groups -OCH3 is 1. The SMILES string of the molecule is COCC(C)CC(=O)Cc1cc(C)ccc1C. The Morgan fingerprint density at radius 2 is 2.06 bits per heavy atom. The molecule has 0 heterocycles. The van der Waals surface area contributed by atoms with Gasteiger partial charge in [0.25, 0.3) is 0 Å². The molecule has 2 nitrogen and oxygen atoms in total. The maximum Gasteiger partial charge on any atom is 0.137 e. The number of carbonyl (C=O) groups excluding carboxylic acids is 1. The van der Waals surface area contributed by atoms with Crippen LogP contribution >= 0.6 is 0 Å². The Balaban J connectivity index is 2.58. The van der Waals surface area contributed by atoms with E-state index in [2.05, 4.69) is 32.0 Å². The number of ether oxygens (including phenoxy) is 1. The predicted molar refractivity (Wildman–Crippen MR) is 70.3 cm³/mol. The second-order valence-corrected chi connectivity index (χ2v) is 4.91. The van der Waals surface area contributed by atoms with Crippen LogP contribution in [0.4, 0.5) is 0 Å². The van der Waals surface area contributed by atoms with E-state index in [1.54, 1.807) is 7.11 Å². The maximum atomic E-state index is 11.9. The first-order valence-corrected chi connectivity index (χ1v) is 6.09. The lowest BCUT2D eigenvalue weighted by molar-refractivity contribution is -0.119. The standard InChI is InChI=1S/C15H22O2/c1-11-5-6-13(3)14(7-11)9-15(16)8-12(2)10-17-4/h5-7,12H,8-10H2,1-4H3. The van der Waals surface area contributed by atoms with E-state index in [-0.39, 0.29) is 0 Å². The molecule has 0 N–H and O–H groups in total. The van der Waals surface area contributed by atoms with Crippen LogP contribution in [-0.2, 0) is 16.0 Å². The van der Waals surface area contributed by atoms with Crippen molar-refractivity contribution in [3.63, 3.8) is 0 Å². The molecule has 1 rings (SSSR count). The average molecular weight is 234 g/mol. The van der Waals surface area contributed by atoms with Gasteiger partial charge in [0, 0.05) is 26.6 Å². The molecule has 0 spiro atoms. The van der Waals surface area contributed by atoms with Crippen molar-refractivity contribution in [2.45, 2.75) is 33.6 Å². The number of carbonyl (C=O) groups is 1. The van der Waals surface area contributed by atoms with Gasteiger partial charge in [0.05, 0.1) is 0 Å². The van der Waals surface area contributed by atoms with E-state index < -0.39 is 0 Å². The van der Waals surface area contributed by atoms with E-state index in [1.165, 1.54) is 11.1 Å². The lowest BCUT2D eigenvalue weighted by Gasteiger charge is -2.10. The minimum atomic E-state index is 0.295. The fraction of sp³-hybridized carbons (Fsp3) is 0.533. The summed E-state index contributed by atoms with van der Waals surface area (Å²) in [6.07, 6.45) is 1.14. The normalized spacial score (nSPS) is 12.5. The van der Waals surface area contributed by atoms with Crippen LogP contribution in [0.1, 0.15) is 30.0 Å². The molecular weight excluding hydrogens is 212 g/mol. The monoisotopic (exact) mass is 234 g/mol. The molecule has 94 valence electrons. The van der Waals surface area contributed by atoms with Crippen molar-refractivity contribution < 1.29 is 9.53 Å². The summed E-state index contributed by atoms with van der Waals surface area (Å²) in [4.78, 5) is 11.9. The van der Waals surface area contributed by atoms with Gasteiger partial charge in [-0.3, -0.25) is 4.79 Å². The van der Waals surface area contributed by atoms with Gasteiger partial charge in [-0.15, -0.1) is 0 Å². The summed E-state index contributed by atoms with van der Waals surface area (Å²) in [5, 5.41) is 0. The molecule has 1 unspecified atom stereocenters. The largest absolute Gasteiger partial charge is 0.384 e. The molecule has 0 aliphatic carbocycles. The quantitative estimate of drug-likeness (QED) is 0.756. The van der Waals surface area contributed by atoms with Gasteiger partial charge in [-0.25, -0.2) is 0 Å². The van der Waals surface area contributed by atoms with Crippen molar-refractivity contribution in [3.05, 3.63) is 34.9 Å². The van der Waals surface area contributed by atoms with Gasteiger partial charge in [-0.1, -0.05) is 30.7 Å². The minimum Gasteiger partial charge on any atom is -0.384 e. The van der Waals surface area contributed by atoms with Crippen molar-refractivity contribution in [3.8, 4) is 0 Å². The lowest BCUT2D eigenvalue weighted by atomic mass is 9.96. The molecule has 1 aromatic rings. The molecule has 2 heteroatoms. The molecule has 0 fully saturated rings. The van der Waals surface area contributed by atoms with Crippen molar-refractivity contribution in [1.82, 2.24) is 0 Å². The number of ketones is 1. The molecular formula is C15H22O2. The highest BCUT2D eigenvalue weighted by Gasteiger charge is 2.11. The molecule has 0 aromatic heterocycles. The van der Waals surface area contributed by atoms with Crippen LogP contribution in [-0.4, -0.2) is 19.5 Å². The highest BCUT2D eigenvalue weighted by Crippen LogP contribution is 2.14. The van der Waals surface area contributed by atoms with Gasteiger partial charge in [-0.2, -0.15) is 0 Å². The maximum absolute atomic E-state index is 11.9. The van der Waals surface area contributed by atoms with Gasteiger partial charge < -0.3 is 4.74 Å². The molecule has 0 radical (unpaired) electrons. The first-order valence-electron chi connectivity index (χ1n) is 6.09. The van der Waals surface area contributed by atoms with Crippen molar-refractivity contribution in [2.24, 2.45) is 5.92 Å². The number of Topliss-reactive ketones (excluding diaryl/α,β-unsaturated/α-hetero) is 1. The van der Waals surface area contributed by atoms with Crippen LogP contribution < -0.4 is 0 Å². The molecule has 1 atom stereocenters. The van der Waals surface area contributed by atoms with Crippen molar-refractivity contribution in [1.29, 1.82) is 0 Å². The third-order valence-electron chi connectivity index (χ3n) is 2.92. The van der Waals surface area contributed by atoms with Gasteiger partial charge in [0.1, 0.15) is 5.78 Å². The van der Waals surface area contributed by atoms with E-state index >= 15 is 0 Å². The first-order chi connectivity index (χ1) is 8.02. The fourth-order valence-corrected chi connectivity index (χ4v) is 2.01. The Hall–Kier alpha value is -1.15. The number of benzene rings is 1. The van der Waals surface area contributed by atoms with Gasteiger partial charge in [0.2, 0.25) is 0 Å². The second kappa shape index (κ2) is 6.55. The van der Waals surface area contributed by atoms with Crippen LogP contribution in [0.5, 0.6) is 0 Å². The minimum absolute atomic E-state index is 0.295. The molecule has 0 saturated carbocycles. The Morgan fingerprint density at radius 3 is 2.71 bits per heavy atom. The molecule has 1 aromatic carbocycles. The smallest absolute Gasteiger partial charge is 0.137 e. The molecule has 0 amide bonds. The summed E-state index contributed by atoms with van der Waals surface area (Å²) >= 11 is 0. The summed E-state index contributed by atoms with van der Waals surface area (Å²) in [7, 11) is 1.67. The Morgan fingerprint density at radius 1 is 1.35 bits per heavy atom. The Labute approximate surface area is 104 Å². The van der Waals surface area contributed by atoms with E-state index in [4.69, 9.17) is 4.74 Å². The topological polar surface area (TPSA) is 26.3 Å². The number of aryl methyl sites for hydroxylation is 2. The third kappa shape index (κ3) is 4.70. The summed E-state index contributed by atoms with van der Waals surface area (Å²) < 4.78 is 5.05. The fourth-order valence-electron chi connectivity index (χ4n) is 2.01. The summed E-state index contributed by atoms with van der Waals surface area (Å²) in [6.45, 7) is 6.81. The Kier molecular flexibility index (Phi) is 5.36. The zero-order valence-corrected chi connectivity index (χ0v) is 11.2. The summed E-state index contributed by atoms with van der Waals surface area (Å²) in [5.74, 6) is 0.598. The lowest BCUT2D eigenvalue weighted by Crippen LogP contribution is -2.13.